The van der Waals surface area contributed by atoms with Gasteiger partial charge in [-0.1, -0.05) is 0 Å². The molecule has 0 unspecified atom stereocenters. The van der Waals surface area contributed by atoms with Crippen LogP contribution in [0.5, 0.6) is 0 Å². The molecule has 0 aromatic carbocycles. The van der Waals surface area contributed by atoms with Gasteiger partial charge in [-0.25, -0.2) is 4.79 Å². The minimum Gasteiger partial charge on any atom is -0.477 e. The lowest BCUT2D eigenvalue weighted by atomic mass is 10.3. The van der Waals surface area contributed by atoms with E-state index in [0.717, 1.165) is 0 Å². The number of hydrogen-bond donors (Lipinski definition) is 2. The fraction of sp³-hybridized carbons (Fsp3) is 0.250. The monoisotopic (exact) mass is 115 g/mol. The number of hydrogen-bond acceptors (Lipinski definition) is 3. The summed E-state index contributed by atoms with van der Waals surface area (Å²) < 4.78 is 0. The molecule has 0 saturated carbocycles. The van der Waals surface area contributed by atoms with Gasteiger partial charge >= 0.3 is 5.97 Å². The summed E-state index contributed by atoms with van der Waals surface area (Å²) in [5, 5.41) is 14.4. The van der Waals surface area contributed by atoms with E-state index in [1.807, 2.05) is 0 Å². The molecule has 0 aliphatic rings. The van der Waals surface area contributed by atoms with E-state index in [4.69, 9.17) is 10.5 Å². The van der Waals surface area contributed by atoms with Crippen molar-refractivity contribution in [3.63, 3.8) is 0 Å². The minimum atomic E-state index is -1.34. The zero-order valence-electron chi connectivity index (χ0n) is 4.05. The molecule has 4 heteroatoms. The van der Waals surface area contributed by atoms with Crippen molar-refractivity contribution in [3.8, 4) is 0 Å². The van der Waals surface area contributed by atoms with E-state index in [1.54, 1.807) is 0 Å². The first-order chi connectivity index (χ1) is 3.68. The Morgan fingerprint density at radius 1 is 1.75 bits per heavy atom. The Labute approximate surface area is 45.6 Å². The molecule has 8 heavy (non-hydrogen) atoms. The second-order valence-corrected chi connectivity index (χ2v) is 1.15. The molecule has 0 spiro atoms. The SMILES string of the molecule is N=C(CC=O)C(=O)O. The molecule has 0 saturated heterocycles. The number of aliphatic carboxylic acids is 1. The third-order valence-electron chi connectivity index (χ3n) is 0.546. The number of aldehydes is 1. The van der Waals surface area contributed by atoms with Crippen LogP contribution in [-0.2, 0) is 9.59 Å². The molecule has 0 fully saturated rings. The van der Waals surface area contributed by atoms with Crippen molar-refractivity contribution >= 4 is 18.0 Å². The third kappa shape index (κ3) is 2.07. The highest BCUT2D eigenvalue weighted by Crippen LogP contribution is 1.76. The van der Waals surface area contributed by atoms with Crippen molar-refractivity contribution in [3.05, 3.63) is 0 Å². The average Bonchev–Trinajstić information content (AvgIpc) is 1.67. The first kappa shape index (κ1) is 6.81. The highest BCUT2D eigenvalue weighted by atomic mass is 16.4. The standard InChI is InChI=1S/C4H5NO3/c5-3(1-2-6)4(7)8/h2,5H,1H2,(H,7,8). The van der Waals surface area contributed by atoms with Gasteiger partial charge in [0.15, 0.2) is 0 Å². The predicted octanol–water partition coefficient (Wildman–Crippen LogP) is -0.320. The van der Waals surface area contributed by atoms with Crippen LogP contribution in [0, 0.1) is 5.41 Å². The molecule has 0 rings (SSSR count). The van der Waals surface area contributed by atoms with E-state index < -0.39 is 11.7 Å². The summed E-state index contributed by atoms with van der Waals surface area (Å²) in [7, 11) is 0. The molecular formula is C4H5NO3. The van der Waals surface area contributed by atoms with Crippen LogP contribution in [0.1, 0.15) is 6.42 Å². The number of carboxylic acid groups (broad SMARTS) is 1. The summed E-state index contributed by atoms with van der Waals surface area (Å²) >= 11 is 0. The molecule has 0 aromatic heterocycles. The molecular weight excluding hydrogens is 110 g/mol. The Morgan fingerprint density at radius 2 is 2.25 bits per heavy atom. The molecule has 0 heterocycles. The van der Waals surface area contributed by atoms with Gasteiger partial charge in [0, 0.05) is 0 Å². The molecule has 0 amide bonds. The maximum absolute atomic E-state index is 9.71. The maximum atomic E-state index is 9.71. The number of rotatable bonds is 3. The van der Waals surface area contributed by atoms with Crippen LogP contribution in [-0.4, -0.2) is 23.1 Å². The van der Waals surface area contributed by atoms with Crippen molar-refractivity contribution in [2.24, 2.45) is 0 Å². The Balaban J connectivity index is 3.65. The fourth-order valence-corrected chi connectivity index (χ4v) is 0.171. The smallest absolute Gasteiger partial charge is 0.349 e. The lowest BCUT2D eigenvalue weighted by molar-refractivity contribution is -0.129. The lowest BCUT2D eigenvalue weighted by Crippen LogP contribution is -2.10. The van der Waals surface area contributed by atoms with Crippen LogP contribution in [0.25, 0.3) is 0 Å². The molecule has 4 nitrogen and oxygen atoms in total. The first-order valence-electron chi connectivity index (χ1n) is 1.93. The van der Waals surface area contributed by atoms with Gasteiger partial charge in [-0.3, -0.25) is 5.41 Å². The molecule has 0 radical (unpaired) electrons. The van der Waals surface area contributed by atoms with Crippen molar-refractivity contribution in [2.75, 3.05) is 0 Å². The average molecular weight is 115 g/mol. The summed E-state index contributed by atoms with van der Waals surface area (Å²) in [5.74, 6) is -1.34. The quantitative estimate of drug-likeness (QED) is 0.390. The van der Waals surface area contributed by atoms with E-state index >= 15 is 0 Å². The lowest BCUT2D eigenvalue weighted by Gasteiger charge is -1.84. The van der Waals surface area contributed by atoms with Gasteiger partial charge in [-0.2, -0.15) is 0 Å². The molecule has 0 atom stereocenters. The van der Waals surface area contributed by atoms with Gasteiger partial charge in [0.05, 0.1) is 6.42 Å². The van der Waals surface area contributed by atoms with Gasteiger partial charge in [0.1, 0.15) is 12.0 Å². The topological polar surface area (TPSA) is 78.2 Å². The van der Waals surface area contributed by atoms with Gasteiger partial charge in [0.25, 0.3) is 0 Å². The maximum Gasteiger partial charge on any atom is 0.349 e. The molecule has 0 aliphatic carbocycles. The van der Waals surface area contributed by atoms with Gasteiger partial charge in [-0.05, 0) is 0 Å². The van der Waals surface area contributed by atoms with E-state index in [0.29, 0.717) is 6.29 Å². The number of nitrogens with one attached hydrogen (secondary N) is 1. The Kier molecular flexibility index (Phi) is 2.47. The second-order valence-electron chi connectivity index (χ2n) is 1.15. The Morgan fingerprint density at radius 3 is 2.38 bits per heavy atom. The van der Waals surface area contributed by atoms with E-state index in [9.17, 15) is 9.59 Å². The number of carbonyl (C=O) groups excluding carboxylic acids is 1. The molecule has 0 aromatic rings. The summed E-state index contributed by atoms with van der Waals surface area (Å²) in [4.78, 5) is 19.2. The van der Waals surface area contributed by atoms with Crippen molar-refractivity contribution in [1.29, 1.82) is 5.41 Å². The van der Waals surface area contributed by atoms with Crippen LogP contribution in [0.4, 0.5) is 0 Å². The van der Waals surface area contributed by atoms with Crippen molar-refractivity contribution in [1.82, 2.24) is 0 Å². The van der Waals surface area contributed by atoms with Gasteiger partial charge < -0.3 is 9.90 Å². The number of carboxylic acids is 1. The summed E-state index contributed by atoms with van der Waals surface area (Å²) in [6.45, 7) is 0. The van der Waals surface area contributed by atoms with Gasteiger partial charge in [0.2, 0.25) is 0 Å². The van der Waals surface area contributed by atoms with Crippen LogP contribution in [0.15, 0.2) is 0 Å². The summed E-state index contributed by atoms with van der Waals surface area (Å²) in [6, 6.07) is 0. The molecule has 2 N–H and O–H groups in total. The summed E-state index contributed by atoms with van der Waals surface area (Å²) in [6.07, 6.45) is 0.0752. The zero-order valence-corrected chi connectivity index (χ0v) is 4.05. The largest absolute Gasteiger partial charge is 0.477 e. The van der Waals surface area contributed by atoms with Crippen LogP contribution >= 0.6 is 0 Å². The minimum absolute atomic E-state index is 0.310. The second kappa shape index (κ2) is 2.90. The Bertz CT molecular complexity index is 129. The van der Waals surface area contributed by atoms with Crippen molar-refractivity contribution in [2.45, 2.75) is 6.42 Å². The highest BCUT2D eigenvalue weighted by Gasteiger charge is 2.02. The zero-order chi connectivity index (χ0) is 6.57. The highest BCUT2D eigenvalue weighted by molar-refractivity contribution is 6.36. The van der Waals surface area contributed by atoms with Crippen LogP contribution in [0.3, 0.4) is 0 Å². The van der Waals surface area contributed by atoms with E-state index in [1.165, 1.54) is 0 Å². The van der Waals surface area contributed by atoms with E-state index in [2.05, 4.69) is 0 Å². The van der Waals surface area contributed by atoms with Crippen LogP contribution in [0.2, 0.25) is 0 Å². The van der Waals surface area contributed by atoms with Gasteiger partial charge in [-0.15, -0.1) is 0 Å². The Hall–Kier alpha value is -1.19. The predicted molar refractivity (Wildman–Crippen MR) is 26.0 cm³/mol. The molecule has 0 bridgehead atoms. The first-order valence-corrected chi connectivity index (χ1v) is 1.93. The number of carbonyl (C=O) groups is 2. The summed E-state index contributed by atoms with van der Waals surface area (Å²) in [5.41, 5.74) is -0.569. The van der Waals surface area contributed by atoms with E-state index in [-0.39, 0.29) is 6.42 Å². The van der Waals surface area contributed by atoms with Crippen molar-refractivity contribution < 1.29 is 14.7 Å². The normalized spacial score (nSPS) is 8.00. The molecule has 0 aliphatic heterocycles. The van der Waals surface area contributed by atoms with Crippen LogP contribution < -0.4 is 0 Å². The molecule has 44 valence electrons. The fourth-order valence-electron chi connectivity index (χ4n) is 0.171. The third-order valence-corrected chi connectivity index (χ3v) is 0.546.